The van der Waals surface area contributed by atoms with Gasteiger partial charge in [-0.2, -0.15) is 0 Å². The molecule has 3 aromatic carbocycles. The summed E-state index contributed by atoms with van der Waals surface area (Å²) in [5.41, 5.74) is 2.67. The number of nitrogens with one attached hydrogen (secondary N) is 2. The van der Waals surface area contributed by atoms with E-state index < -0.39 is 5.91 Å². The van der Waals surface area contributed by atoms with E-state index in [9.17, 15) is 9.59 Å². The van der Waals surface area contributed by atoms with Gasteiger partial charge in [0.1, 0.15) is 22.8 Å². The molecule has 0 saturated carbocycles. The molecular weight excluding hydrogens is 408 g/mol. The maximum Gasteiger partial charge on any atom is 0.293 e. The average Bonchev–Trinajstić information content (AvgIpc) is 3.17. The van der Waals surface area contributed by atoms with Crippen LogP contribution in [-0.4, -0.2) is 26.0 Å². The number of ether oxygens (including phenoxy) is 2. The lowest BCUT2D eigenvalue weighted by atomic mass is 10.1. The molecule has 1 heterocycles. The SMILES string of the molecule is COc1ccc(NC(=O)c2oc3ccccc3c2NC(=O)c2cccc(C)c2)c(OC)c1. The highest BCUT2D eigenvalue weighted by Gasteiger charge is 2.23. The van der Waals surface area contributed by atoms with E-state index in [1.165, 1.54) is 7.11 Å². The lowest BCUT2D eigenvalue weighted by molar-refractivity contribution is 0.0999. The van der Waals surface area contributed by atoms with E-state index in [4.69, 9.17) is 13.9 Å². The van der Waals surface area contributed by atoms with E-state index in [1.807, 2.05) is 19.1 Å². The quantitative estimate of drug-likeness (QED) is 0.435. The van der Waals surface area contributed by atoms with Crippen LogP contribution >= 0.6 is 0 Å². The average molecular weight is 430 g/mol. The maximum absolute atomic E-state index is 13.2. The standard InChI is InChI=1S/C25H22N2O5/c1-15-7-6-8-16(13-15)24(28)27-22-18-9-4-5-10-20(18)32-23(22)25(29)26-19-12-11-17(30-2)14-21(19)31-3/h4-14H,1-3H3,(H,26,29)(H,27,28). The summed E-state index contributed by atoms with van der Waals surface area (Å²) in [5, 5.41) is 6.26. The van der Waals surface area contributed by atoms with Crippen LogP contribution in [0.1, 0.15) is 26.5 Å². The molecule has 162 valence electrons. The molecule has 7 nitrogen and oxygen atoms in total. The Morgan fingerprint density at radius 1 is 0.844 bits per heavy atom. The number of rotatable bonds is 6. The largest absolute Gasteiger partial charge is 0.497 e. The summed E-state index contributed by atoms with van der Waals surface area (Å²) >= 11 is 0. The molecule has 4 aromatic rings. The smallest absolute Gasteiger partial charge is 0.293 e. The van der Waals surface area contributed by atoms with Gasteiger partial charge in [0.2, 0.25) is 5.76 Å². The van der Waals surface area contributed by atoms with Crippen molar-refractivity contribution in [2.75, 3.05) is 24.9 Å². The first-order valence-electron chi connectivity index (χ1n) is 9.93. The van der Waals surface area contributed by atoms with Crippen LogP contribution in [0.5, 0.6) is 11.5 Å². The van der Waals surface area contributed by atoms with Gasteiger partial charge in [-0.25, -0.2) is 0 Å². The van der Waals surface area contributed by atoms with Gasteiger partial charge in [-0.1, -0.05) is 29.8 Å². The van der Waals surface area contributed by atoms with Crippen molar-refractivity contribution in [3.63, 3.8) is 0 Å². The van der Waals surface area contributed by atoms with Gasteiger partial charge in [0.15, 0.2) is 0 Å². The van der Waals surface area contributed by atoms with Crippen LogP contribution < -0.4 is 20.1 Å². The summed E-state index contributed by atoms with van der Waals surface area (Å²) in [6.45, 7) is 1.91. The van der Waals surface area contributed by atoms with Crippen molar-refractivity contribution in [1.82, 2.24) is 0 Å². The first kappa shape index (κ1) is 21.0. The number of carbonyl (C=O) groups excluding carboxylic acids is 2. The summed E-state index contributed by atoms with van der Waals surface area (Å²) in [4.78, 5) is 26.0. The second-order valence-electron chi connectivity index (χ2n) is 7.15. The minimum absolute atomic E-state index is 0.00919. The Balaban J connectivity index is 1.70. The highest BCUT2D eigenvalue weighted by Crippen LogP contribution is 2.34. The lowest BCUT2D eigenvalue weighted by Crippen LogP contribution is -2.17. The second kappa shape index (κ2) is 8.85. The molecule has 32 heavy (non-hydrogen) atoms. The van der Waals surface area contributed by atoms with Crippen molar-refractivity contribution in [2.24, 2.45) is 0 Å². The third-order valence-corrected chi connectivity index (χ3v) is 4.98. The van der Waals surface area contributed by atoms with E-state index in [2.05, 4.69) is 10.6 Å². The van der Waals surface area contributed by atoms with E-state index in [-0.39, 0.29) is 11.7 Å². The maximum atomic E-state index is 13.2. The van der Waals surface area contributed by atoms with Crippen LogP contribution in [0, 0.1) is 6.92 Å². The molecule has 0 radical (unpaired) electrons. The van der Waals surface area contributed by atoms with Crippen molar-refractivity contribution in [1.29, 1.82) is 0 Å². The van der Waals surface area contributed by atoms with Gasteiger partial charge in [-0.15, -0.1) is 0 Å². The van der Waals surface area contributed by atoms with E-state index in [1.54, 1.807) is 61.7 Å². The summed E-state index contributed by atoms with van der Waals surface area (Å²) < 4.78 is 16.4. The molecule has 0 fully saturated rings. The third-order valence-electron chi connectivity index (χ3n) is 4.98. The highest BCUT2D eigenvalue weighted by molar-refractivity contribution is 6.17. The first-order valence-corrected chi connectivity index (χ1v) is 9.93. The molecule has 2 N–H and O–H groups in total. The molecule has 0 saturated heterocycles. The van der Waals surface area contributed by atoms with E-state index in [0.29, 0.717) is 39.4 Å². The number of aryl methyl sites for hydroxylation is 1. The van der Waals surface area contributed by atoms with Crippen molar-refractivity contribution in [3.8, 4) is 11.5 Å². The highest BCUT2D eigenvalue weighted by atomic mass is 16.5. The molecule has 0 aliphatic carbocycles. The summed E-state index contributed by atoms with van der Waals surface area (Å²) in [6.07, 6.45) is 0. The molecule has 4 rings (SSSR count). The number of hydrogen-bond donors (Lipinski definition) is 2. The van der Waals surface area contributed by atoms with Crippen LogP contribution in [0.15, 0.2) is 71.1 Å². The van der Waals surface area contributed by atoms with Crippen molar-refractivity contribution in [2.45, 2.75) is 6.92 Å². The minimum atomic E-state index is -0.524. The number of anilines is 2. The van der Waals surface area contributed by atoms with Crippen LogP contribution in [-0.2, 0) is 0 Å². The summed E-state index contributed by atoms with van der Waals surface area (Å²) in [6, 6.07) is 19.4. The topological polar surface area (TPSA) is 89.8 Å². The molecule has 0 bridgehead atoms. The summed E-state index contributed by atoms with van der Waals surface area (Å²) in [5.74, 6) is 0.152. The van der Waals surface area contributed by atoms with Gasteiger partial charge in [-0.3, -0.25) is 9.59 Å². The van der Waals surface area contributed by atoms with Gasteiger partial charge in [0.25, 0.3) is 11.8 Å². The number of amides is 2. The van der Waals surface area contributed by atoms with Gasteiger partial charge in [-0.05, 0) is 43.3 Å². The molecule has 0 unspecified atom stereocenters. The second-order valence-corrected chi connectivity index (χ2v) is 7.15. The predicted molar refractivity (Wildman–Crippen MR) is 123 cm³/mol. The number of para-hydroxylation sites is 1. The molecule has 0 aliphatic heterocycles. The van der Waals surface area contributed by atoms with Crippen LogP contribution in [0.3, 0.4) is 0 Å². The van der Waals surface area contributed by atoms with E-state index in [0.717, 1.165) is 5.56 Å². The Hall–Kier alpha value is -4.26. The van der Waals surface area contributed by atoms with Crippen LogP contribution in [0.2, 0.25) is 0 Å². The number of furan rings is 1. The van der Waals surface area contributed by atoms with Crippen molar-refractivity contribution in [3.05, 3.63) is 83.6 Å². The molecule has 2 amide bonds. The Labute approximate surface area is 184 Å². The minimum Gasteiger partial charge on any atom is -0.497 e. The Morgan fingerprint density at radius 3 is 2.41 bits per heavy atom. The van der Waals surface area contributed by atoms with Gasteiger partial charge >= 0.3 is 0 Å². The fourth-order valence-corrected chi connectivity index (χ4v) is 3.38. The Kier molecular flexibility index (Phi) is 5.81. The zero-order valence-electron chi connectivity index (χ0n) is 17.9. The third kappa shape index (κ3) is 4.13. The molecule has 7 heteroatoms. The Morgan fingerprint density at radius 2 is 1.66 bits per heavy atom. The summed E-state index contributed by atoms with van der Waals surface area (Å²) in [7, 11) is 3.05. The van der Waals surface area contributed by atoms with Crippen LogP contribution in [0.25, 0.3) is 11.0 Å². The predicted octanol–water partition coefficient (Wildman–Crippen LogP) is 5.26. The van der Waals surface area contributed by atoms with Crippen molar-refractivity contribution < 1.29 is 23.5 Å². The first-order chi connectivity index (χ1) is 15.5. The monoisotopic (exact) mass is 430 g/mol. The molecular formula is C25H22N2O5. The zero-order valence-corrected chi connectivity index (χ0v) is 17.9. The van der Waals surface area contributed by atoms with Crippen LogP contribution in [0.4, 0.5) is 11.4 Å². The molecule has 1 aromatic heterocycles. The van der Waals surface area contributed by atoms with Gasteiger partial charge in [0, 0.05) is 17.0 Å². The van der Waals surface area contributed by atoms with Gasteiger partial charge < -0.3 is 24.5 Å². The van der Waals surface area contributed by atoms with Crippen molar-refractivity contribution >= 4 is 34.2 Å². The Bertz CT molecular complexity index is 1310. The molecule has 0 aliphatic rings. The molecule has 0 spiro atoms. The zero-order chi connectivity index (χ0) is 22.7. The fraction of sp³-hybridized carbons (Fsp3) is 0.120. The number of hydrogen-bond acceptors (Lipinski definition) is 5. The lowest BCUT2D eigenvalue weighted by Gasteiger charge is -2.12. The number of fused-ring (bicyclic) bond motifs is 1. The molecule has 0 atom stereocenters. The fourth-order valence-electron chi connectivity index (χ4n) is 3.38. The van der Waals surface area contributed by atoms with E-state index >= 15 is 0 Å². The number of benzene rings is 3. The normalized spacial score (nSPS) is 10.6. The number of methoxy groups -OCH3 is 2. The number of carbonyl (C=O) groups is 2. The van der Waals surface area contributed by atoms with Gasteiger partial charge in [0.05, 0.1) is 19.9 Å².